The first kappa shape index (κ1) is 32.5. The van der Waals surface area contributed by atoms with Gasteiger partial charge in [-0.2, -0.15) is 5.26 Å². The Labute approximate surface area is 328 Å². The molecule has 0 bridgehead atoms. The predicted molar refractivity (Wildman–Crippen MR) is 233 cm³/mol. The molecule has 0 aliphatic heterocycles. The minimum absolute atomic E-state index is 0.611. The van der Waals surface area contributed by atoms with E-state index < -0.39 is 0 Å². The average molecular weight is 726 g/mol. The highest BCUT2D eigenvalue weighted by Crippen LogP contribution is 2.37. The molecule has 57 heavy (non-hydrogen) atoms. The third-order valence-electron chi connectivity index (χ3n) is 11.1. The van der Waals surface area contributed by atoms with Crippen LogP contribution in [0.2, 0.25) is 0 Å². The van der Waals surface area contributed by atoms with Gasteiger partial charge in [0.05, 0.1) is 22.7 Å². The summed E-state index contributed by atoms with van der Waals surface area (Å²) in [6.07, 6.45) is 0. The van der Waals surface area contributed by atoms with Crippen LogP contribution >= 0.6 is 0 Å². The molecule has 2 aromatic heterocycles. The molecule has 0 atom stereocenters. The Kier molecular flexibility index (Phi) is 7.48. The number of fused-ring (bicyclic) bond motifs is 6. The minimum atomic E-state index is 0.611. The molecule has 0 spiro atoms. The fraction of sp³-hybridized carbons (Fsp3) is 0. The number of hydrogen-bond donors (Lipinski definition) is 0. The van der Waals surface area contributed by atoms with Crippen molar-refractivity contribution in [1.82, 2.24) is 19.5 Å². The van der Waals surface area contributed by atoms with Crippen LogP contribution in [-0.2, 0) is 0 Å². The van der Waals surface area contributed by atoms with Crippen LogP contribution < -0.4 is 0 Å². The maximum absolute atomic E-state index is 9.85. The molecule has 5 nitrogen and oxygen atoms in total. The van der Waals surface area contributed by atoms with Gasteiger partial charge in [0.2, 0.25) is 0 Å². The molecule has 0 aliphatic carbocycles. The van der Waals surface area contributed by atoms with Crippen LogP contribution in [0.25, 0.3) is 105 Å². The Morgan fingerprint density at radius 3 is 1.56 bits per heavy atom. The van der Waals surface area contributed by atoms with E-state index in [-0.39, 0.29) is 0 Å². The standard InChI is InChI=1S/C52H31N5/c53-32-33-19-27-48-46(29-33)47-31-40(25-28-49(47)57(48)41-26-24-34-9-1-2-12-39(34)30-41)35-20-22-38(23-21-35)50-54-51(44-17-7-13-36-10-3-5-15-42(36)44)56-52(55-50)45-18-8-14-37-11-4-6-16-43(37)45/h1-31H. The van der Waals surface area contributed by atoms with E-state index in [9.17, 15) is 5.26 Å². The monoisotopic (exact) mass is 725 g/mol. The van der Waals surface area contributed by atoms with Gasteiger partial charge in [-0.05, 0) is 85.9 Å². The zero-order valence-corrected chi connectivity index (χ0v) is 30.6. The van der Waals surface area contributed by atoms with Crippen LogP contribution in [0.3, 0.4) is 0 Å². The lowest BCUT2D eigenvalue weighted by Crippen LogP contribution is -2.01. The molecular formula is C52H31N5. The van der Waals surface area contributed by atoms with Gasteiger partial charge >= 0.3 is 0 Å². The highest BCUT2D eigenvalue weighted by molar-refractivity contribution is 6.11. The maximum atomic E-state index is 9.85. The summed E-state index contributed by atoms with van der Waals surface area (Å²) in [5.74, 6) is 1.88. The van der Waals surface area contributed by atoms with Crippen LogP contribution in [-0.4, -0.2) is 19.5 Å². The fourth-order valence-electron chi connectivity index (χ4n) is 8.26. The van der Waals surface area contributed by atoms with E-state index in [4.69, 9.17) is 15.0 Å². The van der Waals surface area contributed by atoms with Gasteiger partial charge in [0.1, 0.15) is 0 Å². The molecule has 264 valence electrons. The van der Waals surface area contributed by atoms with E-state index in [1.807, 2.05) is 12.1 Å². The summed E-state index contributed by atoms with van der Waals surface area (Å²) in [5, 5.41) is 18.8. The number of aromatic nitrogens is 4. The van der Waals surface area contributed by atoms with E-state index in [2.05, 4.69) is 187 Å². The van der Waals surface area contributed by atoms with E-state index >= 15 is 0 Å². The van der Waals surface area contributed by atoms with Crippen molar-refractivity contribution < 1.29 is 0 Å². The third-order valence-corrected chi connectivity index (χ3v) is 11.1. The molecule has 11 rings (SSSR count). The summed E-state index contributed by atoms with van der Waals surface area (Å²) in [7, 11) is 0. The van der Waals surface area contributed by atoms with Gasteiger partial charge < -0.3 is 4.57 Å². The lowest BCUT2D eigenvalue weighted by atomic mass is 10.0. The van der Waals surface area contributed by atoms with Crippen molar-refractivity contribution in [2.45, 2.75) is 0 Å². The van der Waals surface area contributed by atoms with Crippen molar-refractivity contribution >= 4 is 54.1 Å². The Balaban J connectivity index is 1.04. The molecule has 0 amide bonds. The van der Waals surface area contributed by atoms with Crippen LogP contribution in [0.1, 0.15) is 5.56 Å². The fourth-order valence-corrected chi connectivity index (χ4v) is 8.26. The average Bonchev–Trinajstić information content (AvgIpc) is 3.61. The van der Waals surface area contributed by atoms with Crippen molar-refractivity contribution in [3.63, 3.8) is 0 Å². The number of hydrogen-bond acceptors (Lipinski definition) is 4. The molecule has 0 fully saturated rings. The summed E-state index contributed by atoms with van der Waals surface area (Å²) in [6, 6.07) is 67.6. The normalized spacial score (nSPS) is 11.5. The summed E-state index contributed by atoms with van der Waals surface area (Å²) < 4.78 is 2.30. The molecular weight excluding hydrogens is 695 g/mol. The van der Waals surface area contributed by atoms with Gasteiger partial charge in [-0.3, -0.25) is 0 Å². The topological polar surface area (TPSA) is 67.4 Å². The second-order valence-corrected chi connectivity index (χ2v) is 14.4. The van der Waals surface area contributed by atoms with Crippen molar-refractivity contribution in [2.75, 3.05) is 0 Å². The SMILES string of the molecule is N#Cc1ccc2c(c1)c1cc(-c3ccc(-c4nc(-c5cccc6ccccc56)nc(-c5cccc6ccccc56)n4)cc3)ccc1n2-c1ccc2ccccc2c1. The Morgan fingerprint density at radius 1 is 0.368 bits per heavy atom. The largest absolute Gasteiger partial charge is 0.309 e. The summed E-state index contributed by atoms with van der Waals surface area (Å²) in [4.78, 5) is 15.4. The van der Waals surface area contributed by atoms with Crippen LogP contribution in [0.5, 0.6) is 0 Å². The Bertz CT molecular complexity index is 3320. The van der Waals surface area contributed by atoms with Crippen LogP contribution in [0.4, 0.5) is 0 Å². The van der Waals surface area contributed by atoms with Gasteiger partial charge in [0, 0.05) is 33.2 Å². The minimum Gasteiger partial charge on any atom is -0.309 e. The highest BCUT2D eigenvalue weighted by Gasteiger charge is 2.18. The van der Waals surface area contributed by atoms with Crippen LogP contribution in [0, 0.1) is 11.3 Å². The van der Waals surface area contributed by atoms with Gasteiger partial charge in [0.25, 0.3) is 0 Å². The van der Waals surface area contributed by atoms with E-state index in [1.54, 1.807) is 0 Å². The van der Waals surface area contributed by atoms with Gasteiger partial charge in [0.15, 0.2) is 17.5 Å². The molecule has 0 N–H and O–H groups in total. The molecule has 11 aromatic rings. The maximum Gasteiger partial charge on any atom is 0.164 e. The summed E-state index contributed by atoms with van der Waals surface area (Å²) >= 11 is 0. The van der Waals surface area contributed by atoms with Crippen LogP contribution in [0.15, 0.2) is 188 Å². The molecule has 0 unspecified atom stereocenters. The van der Waals surface area contributed by atoms with Crippen molar-refractivity contribution in [2.24, 2.45) is 0 Å². The smallest absolute Gasteiger partial charge is 0.164 e. The Morgan fingerprint density at radius 2 is 0.895 bits per heavy atom. The third kappa shape index (κ3) is 5.51. The van der Waals surface area contributed by atoms with Crippen molar-refractivity contribution in [3.8, 4) is 57.0 Å². The molecule has 0 aliphatic rings. The number of benzene rings is 9. The number of nitrogens with zero attached hydrogens (tertiary/aromatic N) is 5. The number of rotatable bonds is 5. The molecule has 0 radical (unpaired) electrons. The van der Waals surface area contributed by atoms with Gasteiger partial charge in [-0.15, -0.1) is 0 Å². The summed E-state index contributed by atoms with van der Waals surface area (Å²) in [5.41, 5.74) is 8.84. The molecule has 5 heteroatoms. The first-order valence-corrected chi connectivity index (χ1v) is 19.0. The van der Waals surface area contributed by atoms with Gasteiger partial charge in [-0.25, -0.2) is 15.0 Å². The van der Waals surface area contributed by atoms with Crippen molar-refractivity contribution in [3.05, 3.63) is 194 Å². The first-order valence-electron chi connectivity index (χ1n) is 19.0. The quantitative estimate of drug-likeness (QED) is 0.177. The van der Waals surface area contributed by atoms with Crippen molar-refractivity contribution in [1.29, 1.82) is 5.26 Å². The zero-order valence-electron chi connectivity index (χ0n) is 30.6. The lowest BCUT2D eigenvalue weighted by Gasteiger charge is -2.12. The van der Waals surface area contributed by atoms with E-state index in [0.29, 0.717) is 23.0 Å². The zero-order chi connectivity index (χ0) is 37.9. The second-order valence-electron chi connectivity index (χ2n) is 14.4. The lowest BCUT2D eigenvalue weighted by molar-refractivity contribution is 1.08. The molecule has 2 heterocycles. The predicted octanol–water partition coefficient (Wildman–Crippen LogP) is 13.0. The van der Waals surface area contributed by atoms with Gasteiger partial charge in [-0.1, -0.05) is 146 Å². The Hall–Kier alpha value is -7.94. The van der Waals surface area contributed by atoms with E-state index in [1.165, 1.54) is 10.8 Å². The first-order chi connectivity index (χ1) is 28.2. The number of nitriles is 1. The van der Waals surface area contributed by atoms with E-state index in [0.717, 1.165) is 76.9 Å². The molecule has 9 aromatic carbocycles. The molecule has 0 saturated heterocycles. The second kappa shape index (κ2) is 13.1. The highest BCUT2D eigenvalue weighted by atomic mass is 15.0. The molecule has 0 saturated carbocycles. The summed E-state index contributed by atoms with van der Waals surface area (Å²) in [6.45, 7) is 0.